The molecular weight excluding hydrogens is 425 g/mol. The Bertz CT molecular complexity index is 966. The molecule has 0 bridgehead atoms. The van der Waals surface area contributed by atoms with Crippen molar-refractivity contribution in [2.24, 2.45) is 0 Å². The molecule has 0 atom stereocenters. The number of aromatic nitrogens is 3. The molecule has 1 aromatic carbocycles. The monoisotopic (exact) mass is 445 g/mol. The van der Waals surface area contributed by atoms with Crippen LogP contribution in [0.4, 0.5) is 0 Å². The summed E-state index contributed by atoms with van der Waals surface area (Å²) in [6.45, 7) is 5.02. The summed E-state index contributed by atoms with van der Waals surface area (Å²) in [6, 6.07) is 9.98. The Balaban J connectivity index is 2.30. The number of rotatable bonds is 4. The Morgan fingerprint density at radius 1 is 1.28 bits per heavy atom. The fourth-order valence-electron chi connectivity index (χ4n) is 2.93. The molecule has 0 amide bonds. The van der Waals surface area contributed by atoms with Crippen molar-refractivity contribution in [3.05, 3.63) is 50.9 Å². The first kappa shape index (κ1) is 17.8. The molecular formula is C19H20IN5. The molecule has 0 spiro atoms. The van der Waals surface area contributed by atoms with E-state index >= 15 is 0 Å². The Kier molecular flexibility index (Phi) is 5.06. The highest BCUT2D eigenvalue weighted by Crippen LogP contribution is 2.30. The quantitative estimate of drug-likeness (QED) is 0.568. The summed E-state index contributed by atoms with van der Waals surface area (Å²) in [5, 5.41) is 15.2. The summed E-state index contributed by atoms with van der Waals surface area (Å²) < 4.78 is 3.08. The van der Waals surface area contributed by atoms with Crippen LogP contribution in [0.1, 0.15) is 36.6 Å². The number of benzene rings is 1. The van der Waals surface area contributed by atoms with Crippen LogP contribution in [0.2, 0.25) is 0 Å². The van der Waals surface area contributed by atoms with E-state index in [9.17, 15) is 5.26 Å². The number of nitrogens with zero attached hydrogens (tertiary/aromatic N) is 5. The molecule has 0 saturated carbocycles. The van der Waals surface area contributed by atoms with Gasteiger partial charge in [0.2, 0.25) is 0 Å². The van der Waals surface area contributed by atoms with Gasteiger partial charge in [0.25, 0.3) is 0 Å². The fourth-order valence-corrected chi connectivity index (χ4v) is 3.61. The van der Waals surface area contributed by atoms with Crippen molar-refractivity contribution in [3.8, 4) is 11.8 Å². The van der Waals surface area contributed by atoms with E-state index < -0.39 is 0 Å². The molecule has 2 heterocycles. The van der Waals surface area contributed by atoms with Gasteiger partial charge >= 0.3 is 0 Å². The molecule has 2 aromatic heterocycles. The molecule has 0 aliphatic rings. The van der Waals surface area contributed by atoms with Crippen LogP contribution in [0, 0.1) is 14.9 Å². The third-order valence-electron chi connectivity index (χ3n) is 4.01. The van der Waals surface area contributed by atoms with Crippen molar-refractivity contribution in [2.75, 3.05) is 14.1 Å². The van der Waals surface area contributed by atoms with Crippen LogP contribution in [-0.4, -0.2) is 33.8 Å². The minimum atomic E-state index is 0.303. The molecule has 3 aromatic rings. The first-order valence-electron chi connectivity index (χ1n) is 8.13. The van der Waals surface area contributed by atoms with Gasteiger partial charge in [-0.25, -0.2) is 9.67 Å². The molecule has 0 saturated heterocycles. The van der Waals surface area contributed by atoms with Gasteiger partial charge in [0.1, 0.15) is 0 Å². The van der Waals surface area contributed by atoms with E-state index in [4.69, 9.17) is 5.10 Å². The summed E-state index contributed by atoms with van der Waals surface area (Å²) in [4.78, 5) is 6.69. The highest BCUT2D eigenvalue weighted by molar-refractivity contribution is 14.1. The number of hydrogen-bond acceptors (Lipinski definition) is 4. The standard InChI is InChI=1S/C19H20IN5/c1-12(2)18-17-15(20)7-8-22-19(17)25(23-18)16-6-5-13(10-21)9-14(16)11-24(3)4/h5-9,12H,11H2,1-4H3. The smallest absolute Gasteiger partial charge is 0.164 e. The van der Waals surface area contributed by atoms with Crippen LogP contribution in [0.25, 0.3) is 16.7 Å². The SMILES string of the molecule is CC(C)c1nn(-c2ccc(C#N)cc2CN(C)C)c2nccc(I)c12. The summed E-state index contributed by atoms with van der Waals surface area (Å²) in [6.07, 6.45) is 1.82. The van der Waals surface area contributed by atoms with Crippen LogP contribution in [0.5, 0.6) is 0 Å². The van der Waals surface area contributed by atoms with Gasteiger partial charge in [-0.05, 0) is 72.4 Å². The maximum Gasteiger partial charge on any atom is 0.164 e. The summed E-state index contributed by atoms with van der Waals surface area (Å²) >= 11 is 2.35. The van der Waals surface area contributed by atoms with E-state index in [0.29, 0.717) is 11.5 Å². The van der Waals surface area contributed by atoms with Gasteiger partial charge in [-0.15, -0.1) is 0 Å². The molecule has 0 aliphatic heterocycles. The first-order valence-corrected chi connectivity index (χ1v) is 9.21. The number of nitriles is 1. The number of fused-ring (bicyclic) bond motifs is 1. The molecule has 0 N–H and O–H groups in total. The van der Waals surface area contributed by atoms with E-state index in [1.807, 2.05) is 49.2 Å². The van der Waals surface area contributed by atoms with Crippen LogP contribution < -0.4 is 0 Å². The predicted molar refractivity (Wildman–Crippen MR) is 108 cm³/mol. The largest absolute Gasteiger partial charge is 0.305 e. The molecule has 0 unspecified atom stereocenters. The zero-order chi connectivity index (χ0) is 18.1. The van der Waals surface area contributed by atoms with Gasteiger partial charge in [-0.3, -0.25) is 0 Å². The summed E-state index contributed by atoms with van der Waals surface area (Å²) in [7, 11) is 4.04. The highest BCUT2D eigenvalue weighted by atomic mass is 127. The molecule has 5 nitrogen and oxygen atoms in total. The average Bonchev–Trinajstić information content (AvgIpc) is 2.95. The average molecular weight is 445 g/mol. The van der Waals surface area contributed by atoms with Crippen molar-refractivity contribution >= 4 is 33.6 Å². The van der Waals surface area contributed by atoms with Crippen LogP contribution >= 0.6 is 22.6 Å². The lowest BCUT2D eigenvalue weighted by Crippen LogP contribution is -2.14. The minimum Gasteiger partial charge on any atom is -0.305 e. The molecule has 0 radical (unpaired) electrons. The molecule has 3 rings (SSSR count). The Morgan fingerprint density at radius 3 is 2.68 bits per heavy atom. The lowest BCUT2D eigenvalue weighted by molar-refractivity contribution is 0.401. The summed E-state index contributed by atoms with van der Waals surface area (Å²) in [5.41, 5.74) is 4.60. The van der Waals surface area contributed by atoms with Gasteiger partial charge in [0.05, 0.1) is 28.4 Å². The molecule has 6 heteroatoms. The van der Waals surface area contributed by atoms with Crippen molar-refractivity contribution < 1.29 is 0 Å². The molecule has 0 aliphatic carbocycles. The second kappa shape index (κ2) is 7.10. The lowest BCUT2D eigenvalue weighted by atomic mass is 10.1. The number of halogens is 1. The highest BCUT2D eigenvalue weighted by Gasteiger charge is 2.19. The van der Waals surface area contributed by atoms with Crippen LogP contribution in [0.15, 0.2) is 30.5 Å². The first-order chi connectivity index (χ1) is 11.9. The second-order valence-corrected chi connectivity index (χ2v) is 7.80. The molecule has 25 heavy (non-hydrogen) atoms. The maximum atomic E-state index is 9.24. The summed E-state index contributed by atoms with van der Waals surface area (Å²) in [5.74, 6) is 0.303. The van der Waals surface area contributed by atoms with Crippen molar-refractivity contribution in [2.45, 2.75) is 26.3 Å². The Labute approximate surface area is 161 Å². The van der Waals surface area contributed by atoms with E-state index in [1.54, 1.807) is 0 Å². The van der Waals surface area contributed by atoms with Gasteiger partial charge in [0.15, 0.2) is 5.65 Å². The predicted octanol–water partition coefficient (Wildman–Crippen LogP) is 4.08. The minimum absolute atomic E-state index is 0.303. The van der Waals surface area contributed by atoms with E-state index in [0.717, 1.165) is 38.1 Å². The van der Waals surface area contributed by atoms with Crippen molar-refractivity contribution in [1.29, 1.82) is 5.26 Å². The Hall–Kier alpha value is -1.98. The maximum absolute atomic E-state index is 9.24. The topological polar surface area (TPSA) is 57.7 Å². The van der Waals surface area contributed by atoms with Crippen LogP contribution in [0.3, 0.4) is 0 Å². The van der Waals surface area contributed by atoms with Crippen molar-refractivity contribution in [3.63, 3.8) is 0 Å². The van der Waals surface area contributed by atoms with E-state index in [2.05, 4.69) is 52.4 Å². The molecule has 0 fully saturated rings. The lowest BCUT2D eigenvalue weighted by Gasteiger charge is -2.15. The van der Waals surface area contributed by atoms with E-state index in [-0.39, 0.29) is 0 Å². The van der Waals surface area contributed by atoms with Gasteiger partial charge in [-0.1, -0.05) is 13.8 Å². The number of pyridine rings is 1. The van der Waals surface area contributed by atoms with Gasteiger partial charge in [0, 0.05) is 16.3 Å². The third-order valence-corrected chi connectivity index (χ3v) is 4.91. The number of hydrogen-bond donors (Lipinski definition) is 0. The fraction of sp³-hybridized carbons (Fsp3) is 0.316. The third kappa shape index (κ3) is 3.39. The zero-order valence-corrected chi connectivity index (χ0v) is 16.9. The van der Waals surface area contributed by atoms with E-state index in [1.165, 1.54) is 0 Å². The second-order valence-electron chi connectivity index (χ2n) is 6.64. The van der Waals surface area contributed by atoms with Gasteiger partial charge in [-0.2, -0.15) is 10.4 Å². The zero-order valence-electron chi connectivity index (χ0n) is 14.8. The Morgan fingerprint density at radius 2 is 2.04 bits per heavy atom. The molecule has 128 valence electrons. The van der Waals surface area contributed by atoms with Crippen LogP contribution in [-0.2, 0) is 6.54 Å². The normalized spacial score (nSPS) is 11.4. The van der Waals surface area contributed by atoms with Crippen molar-refractivity contribution in [1.82, 2.24) is 19.7 Å². The van der Waals surface area contributed by atoms with Gasteiger partial charge < -0.3 is 4.90 Å².